The van der Waals surface area contributed by atoms with Crippen molar-refractivity contribution in [3.8, 4) is 11.5 Å². The van der Waals surface area contributed by atoms with E-state index in [2.05, 4.69) is 27.2 Å². The number of carbonyl (C=O) groups is 1. The van der Waals surface area contributed by atoms with E-state index in [4.69, 9.17) is 4.42 Å². The molecule has 1 unspecified atom stereocenters. The molecule has 5 rings (SSSR count). The van der Waals surface area contributed by atoms with Gasteiger partial charge in [0.05, 0.1) is 11.7 Å². The van der Waals surface area contributed by atoms with Crippen molar-refractivity contribution in [1.82, 2.24) is 29.8 Å². The molecular formula is C22H26N6O2. The molecule has 0 radical (unpaired) electrons. The number of benzene rings is 1. The zero-order chi connectivity index (χ0) is 20.9. The number of carbonyl (C=O) groups excluding carboxylic acids is 1. The van der Waals surface area contributed by atoms with Crippen LogP contribution >= 0.6 is 0 Å². The van der Waals surface area contributed by atoms with Crippen LogP contribution in [0.3, 0.4) is 0 Å². The molecule has 30 heavy (non-hydrogen) atoms. The summed E-state index contributed by atoms with van der Waals surface area (Å²) in [6.07, 6.45) is 0.920. The van der Waals surface area contributed by atoms with Gasteiger partial charge in [-0.1, -0.05) is 18.2 Å². The summed E-state index contributed by atoms with van der Waals surface area (Å²) in [6.45, 7) is 6.69. The second kappa shape index (κ2) is 7.05. The second-order valence-electron chi connectivity index (χ2n) is 8.78. The molecule has 1 atom stereocenters. The van der Waals surface area contributed by atoms with Crippen LogP contribution in [0.2, 0.25) is 0 Å². The van der Waals surface area contributed by atoms with Crippen LogP contribution in [0.4, 0.5) is 0 Å². The molecule has 2 aliphatic rings. The number of aryl methyl sites for hydroxylation is 2. The molecule has 2 aromatic heterocycles. The Morgan fingerprint density at radius 3 is 2.63 bits per heavy atom. The van der Waals surface area contributed by atoms with Crippen LogP contribution in [0.1, 0.15) is 29.7 Å². The highest BCUT2D eigenvalue weighted by Gasteiger charge is 2.53. The molecule has 8 heteroatoms. The average Bonchev–Trinajstić information content (AvgIpc) is 3.39. The lowest BCUT2D eigenvalue weighted by Crippen LogP contribution is -2.60. The van der Waals surface area contributed by atoms with Crippen molar-refractivity contribution in [2.45, 2.75) is 32.9 Å². The van der Waals surface area contributed by atoms with E-state index in [9.17, 15) is 4.79 Å². The van der Waals surface area contributed by atoms with Crippen LogP contribution in [-0.2, 0) is 11.3 Å². The van der Waals surface area contributed by atoms with Crippen LogP contribution < -0.4 is 0 Å². The Bertz CT molecular complexity index is 1070. The Morgan fingerprint density at radius 2 is 1.93 bits per heavy atom. The topological polar surface area (TPSA) is 80.3 Å². The third-order valence-corrected chi connectivity index (χ3v) is 6.28. The highest BCUT2D eigenvalue weighted by Crippen LogP contribution is 2.47. The summed E-state index contributed by atoms with van der Waals surface area (Å²) in [5, 5.41) is 13.0. The second-order valence-corrected chi connectivity index (χ2v) is 8.78. The standard InChI is InChI=1S/C22H26N6O2/c1-15-9-16(2)28(25-15)11-19(29)27-13-22(14-27)10-18(26(3)12-22)21-24-23-20(30-21)17-7-5-4-6-8-17/h4-9,18H,10-14H2,1-3H3. The number of aromatic nitrogens is 4. The van der Waals surface area contributed by atoms with Crippen molar-refractivity contribution >= 4 is 5.91 Å². The van der Waals surface area contributed by atoms with Crippen molar-refractivity contribution in [3.63, 3.8) is 0 Å². The minimum absolute atomic E-state index is 0.0863. The van der Waals surface area contributed by atoms with Gasteiger partial charge >= 0.3 is 0 Å². The van der Waals surface area contributed by atoms with E-state index in [1.807, 2.05) is 55.1 Å². The average molecular weight is 406 g/mol. The van der Waals surface area contributed by atoms with Crippen molar-refractivity contribution in [3.05, 3.63) is 53.7 Å². The molecule has 0 saturated carbocycles. The molecule has 2 saturated heterocycles. The molecule has 2 aliphatic heterocycles. The van der Waals surface area contributed by atoms with E-state index in [0.29, 0.717) is 18.3 Å². The normalized spacial score (nSPS) is 20.6. The van der Waals surface area contributed by atoms with Crippen LogP contribution in [0.5, 0.6) is 0 Å². The van der Waals surface area contributed by atoms with Gasteiger partial charge in [0.15, 0.2) is 0 Å². The molecule has 4 heterocycles. The van der Waals surface area contributed by atoms with Crippen LogP contribution in [0.15, 0.2) is 40.8 Å². The molecule has 0 N–H and O–H groups in total. The van der Waals surface area contributed by atoms with Gasteiger partial charge in [-0.25, -0.2) is 0 Å². The number of likely N-dealkylation sites (tertiary alicyclic amines) is 2. The summed E-state index contributed by atoms with van der Waals surface area (Å²) in [5.74, 6) is 1.33. The fourth-order valence-corrected chi connectivity index (χ4v) is 4.84. The van der Waals surface area contributed by atoms with Gasteiger partial charge in [0, 0.05) is 36.3 Å². The Hall–Kier alpha value is -3.00. The minimum Gasteiger partial charge on any atom is -0.419 e. The van der Waals surface area contributed by atoms with Gasteiger partial charge in [0.1, 0.15) is 6.54 Å². The molecule has 8 nitrogen and oxygen atoms in total. The number of hydrogen-bond acceptors (Lipinski definition) is 6. The summed E-state index contributed by atoms with van der Waals surface area (Å²) >= 11 is 0. The van der Waals surface area contributed by atoms with E-state index < -0.39 is 0 Å². The predicted octanol–water partition coefficient (Wildman–Crippen LogP) is 2.46. The fourth-order valence-electron chi connectivity index (χ4n) is 4.84. The van der Waals surface area contributed by atoms with Crippen LogP contribution in [-0.4, -0.2) is 62.4 Å². The van der Waals surface area contributed by atoms with Gasteiger partial charge in [-0.15, -0.1) is 10.2 Å². The Morgan fingerprint density at radius 1 is 1.17 bits per heavy atom. The van der Waals surface area contributed by atoms with Gasteiger partial charge in [0.25, 0.3) is 0 Å². The van der Waals surface area contributed by atoms with Crippen molar-refractivity contribution < 1.29 is 9.21 Å². The first-order chi connectivity index (χ1) is 14.4. The zero-order valence-corrected chi connectivity index (χ0v) is 17.6. The molecule has 1 amide bonds. The first-order valence-electron chi connectivity index (χ1n) is 10.3. The molecule has 2 fully saturated rings. The van der Waals surface area contributed by atoms with Crippen LogP contribution in [0, 0.1) is 19.3 Å². The van der Waals surface area contributed by atoms with Crippen molar-refractivity contribution in [2.75, 3.05) is 26.7 Å². The van der Waals surface area contributed by atoms with Gasteiger partial charge in [0.2, 0.25) is 17.7 Å². The smallest absolute Gasteiger partial charge is 0.247 e. The maximum Gasteiger partial charge on any atom is 0.247 e. The van der Waals surface area contributed by atoms with Gasteiger partial charge < -0.3 is 9.32 Å². The number of amides is 1. The Labute approximate surface area is 175 Å². The van der Waals surface area contributed by atoms with Crippen molar-refractivity contribution in [1.29, 1.82) is 0 Å². The maximum atomic E-state index is 12.7. The molecule has 3 aromatic rings. The predicted molar refractivity (Wildman–Crippen MR) is 110 cm³/mol. The summed E-state index contributed by atoms with van der Waals surface area (Å²) in [6, 6.07) is 11.9. The van der Waals surface area contributed by atoms with E-state index in [1.165, 1.54) is 0 Å². The molecular weight excluding hydrogens is 380 g/mol. The minimum atomic E-state index is 0.0863. The highest BCUT2D eigenvalue weighted by atomic mass is 16.4. The molecule has 156 valence electrons. The lowest BCUT2D eigenvalue weighted by Gasteiger charge is -2.48. The summed E-state index contributed by atoms with van der Waals surface area (Å²) in [5.41, 5.74) is 2.99. The molecule has 1 spiro atoms. The van der Waals surface area contributed by atoms with Gasteiger partial charge in [-0.2, -0.15) is 5.10 Å². The highest BCUT2D eigenvalue weighted by molar-refractivity contribution is 5.77. The number of hydrogen-bond donors (Lipinski definition) is 0. The lowest BCUT2D eigenvalue weighted by molar-refractivity contribution is -0.143. The van der Waals surface area contributed by atoms with E-state index in [-0.39, 0.29) is 17.4 Å². The first kappa shape index (κ1) is 19.0. The fraction of sp³-hybridized carbons (Fsp3) is 0.455. The number of nitrogens with zero attached hydrogens (tertiary/aromatic N) is 6. The van der Waals surface area contributed by atoms with Crippen LogP contribution in [0.25, 0.3) is 11.5 Å². The lowest BCUT2D eigenvalue weighted by atomic mass is 9.77. The SMILES string of the molecule is Cc1cc(C)n(CC(=O)N2CC3(CC(c4nnc(-c5ccccc5)o4)N(C)C3)C2)n1. The maximum absolute atomic E-state index is 12.7. The van der Waals surface area contributed by atoms with Gasteiger partial charge in [-0.05, 0) is 45.5 Å². The third-order valence-electron chi connectivity index (χ3n) is 6.28. The Balaban J connectivity index is 1.23. The molecule has 0 bridgehead atoms. The van der Waals surface area contributed by atoms with E-state index >= 15 is 0 Å². The quantitative estimate of drug-likeness (QED) is 0.662. The van der Waals surface area contributed by atoms with E-state index in [0.717, 1.165) is 43.0 Å². The molecule has 1 aromatic carbocycles. The summed E-state index contributed by atoms with van der Waals surface area (Å²) in [4.78, 5) is 16.9. The third kappa shape index (κ3) is 3.31. The zero-order valence-electron chi connectivity index (χ0n) is 17.6. The first-order valence-corrected chi connectivity index (χ1v) is 10.3. The Kier molecular flexibility index (Phi) is 4.47. The largest absolute Gasteiger partial charge is 0.419 e. The van der Waals surface area contributed by atoms with E-state index in [1.54, 1.807) is 4.68 Å². The van der Waals surface area contributed by atoms with Gasteiger partial charge in [-0.3, -0.25) is 14.4 Å². The molecule has 0 aliphatic carbocycles. The summed E-state index contributed by atoms with van der Waals surface area (Å²) in [7, 11) is 2.09. The number of rotatable bonds is 4. The van der Waals surface area contributed by atoms with Crippen molar-refractivity contribution in [2.24, 2.45) is 5.41 Å². The summed E-state index contributed by atoms with van der Waals surface area (Å²) < 4.78 is 7.79. The monoisotopic (exact) mass is 406 g/mol.